The molecule has 0 unspecified atom stereocenters. The minimum Gasteiger partial charge on any atom is -0.479 e. The minimum absolute atomic E-state index is 0.0890. The van der Waals surface area contributed by atoms with Crippen molar-refractivity contribution >= 4 is 28.5 Å². The Bertz CT molecular complexity index is 1010. The van der Waals surface area contributed by atoms with Gasteiger partial charge in [-0.3, -0.25) is 9.59 Å². The molecule has 144 valence electrons. The Kier molecular flexibility index (Phi) is 4.97. The van der Waals surface area contributed by atoms with Crippen molar-refractivity contribution in [3.63, 3.8) is 0 Å². The number of amides is 2. The maximum atomic E-state index is 12.5. The van der Waals surface area contributed by atoms with Crippen LogP contribution < -0.4 is 15.0 Å². The van der Waals surface area contributed by atoms with Crippen molar-refractivity contribution in [1.82, 2.24) is 14.9 Å². The van der Waals surface area contributed by atoms with E-state index in [1.165, 1.54) is 0 Å². The van der Waals surface area contributed by atoms with E-state index in [2.05, 4.69) is 10.3 Å². The monoisotopic (exact) mass is 378 g/mol. The fourth-order valence-electron chi connectivity index (χ4n) is 3.40. The lowest BCUT2D eigenvalue weighted by molar-refractivity contribution is -0.125. The number of fused-ring (bicyclic) bond motifs is 2. The highest BCUT2D eigenvalue weighted by atomic mass is 16.5. The van der Waals surface area contributed by atoms with Gasteiger partial charge in [0.2, 0.25) is 5.91 Å². The van der Waals surface area contributed by atoms with Gasteiger partial charge in [0, 0.05) is 26.1 Å². The van der Waals surface area contributed by atoms with Crippen molar-refractivity contribution in [1.29, 1.82) is 0 Å². The third kappa shape index (κ3) is 3.55. The maximum absolute atomic E-state index is 12.5. The molecule has 1 N–H and O–H groups in total. The highest BCUT2D eigenvalue weighted by Crippen LogP contribution is 2.33. The van der Waals surface area contributed by atoms with E-state index in [-0.39, 0.29) is 18.2 Å². The van der Waals surface area contributed by atoms with Crippen molar-refractivity contribution in [2.45, 2.75) is 26.0 Å². The Labute approximate surface area is 162 Å². The quantitative estimate of drug-likeness (QED) is 0.714. The molecule has 0 spiro atoms. The molecule has 7 nitrogen and oxygen atoms in total. The number of aromatic nitrogens is 2. The largest absolute Gasteiger partial charge is 0.479 e. The molecule has 0 bridgehead atoms. The van der Waals surface area contributed by atoms with E-state index in [0.29, 0.717) is 31.1 Å². The Morgan fingerprint density at radius 3 is 2.82 bits per heavy atom. The minimum atomic E-state index is -0.549. The number of anilines is 1. The van der Waals surface area contributed by atoms with E-state index in [1.54, 1.807) is 18.2 Å². The summed E-state index contributed by atoms with van der Waals surface area (Å²) >= 11 is 0. The van der Waals surface area contributed by atoms with Crippen molar-refractivity contribution in [3.8, 4) is 5.75 Å². The number of ether oxygens (including phenoxy) is 1. The van der Waals surface area contributed by atoms with Gasteiger partial charge < -0.3 is 19.5 Å². The Hall–Kier alpha value is -3.35. The lowest BCUT2D eigenvalue weighted by Crippen LogP contribution is -2.45. The second kappa shape index (κ2) is 7.72. The standard InChI is InChI=1S/C21H22N4O3/c1-15-21(27)25(18-8-4-5-9-19(18)28-15)12-10-20(26)22-11-13-24-14-23-16-6-2-3-7-17(16)24/h2-9,14-15H,10-13H2,1H3,(H,22,26)/t15-/m1/s1. The zero-order valence-corrected chi connectivity index (χ0v) is 15.7. The SMILES string of the molecule is C[C@H]1Oc2ccccc2N(CCC(=O)NCCn2cnc3ccccc32)C1=O. The zero-order chi connectivity index (χ0) is 19.5. The summed E-state index contributed by atoms with van der Waals surface area (Å²) in [6.45, 7) is 3.19. The molecule has 1 atom stereocenters. The van der Waals surface area contributed by atoms with Crippen molar-refractivity contribution in [2.24, 2.45) is 0 Å². The fraction of sp³-hybridized carbons (Fsp3) is 0.286. The smallest absolute Gasteiger partial charge is 0.267 e. The molecule has 1 aliphatic heterocycles. The second-order valence-electron chi connectivity index (χ2n) is 6.74. The number of rotatable bonds is 6. The molecule has 2 aromatic carbocycles. The first-order valence-electron chi connectivity index (χ1n) is 9.37. The summed E-state index contributed by atoms with van der Waals surface area (Å²) < 4.78 is 7.63. The van der Waals surface area contributed by atoms with Crippen LogP contribution >= 0.6 is 0 Å². The number of imidazole rings is 1. The van der Waals surface area contributed by atoms with Crippen LogP contribution in [0.1, 0.15) is 13.3 Å². The fourth-order valence-corrected chi connectivity index (χ4v) is 3.40. The molecule has 0 radical (unpaired) electrons. The van der Waals surface area contributed by atoms with Crippen molar-refractivity contribution < 1.29 is 14.3 Å². The molecule has 2 heterocycles. The topological polar surface area (TPSA) is 76.5 Å². The number of nitrogens with zero attached hydrogens (tertiary/aromatic N) is 3. The summed E-state index contributed by atoms with van der Waals surface area (Å²) in [6.07, 6.45) is 1.46. The molecular weight excluding hydrogens is 356 g/mol. The van der Waals surface area contributed by atoms with E-state index < -0.39 is 6.10 Å². The van der Waals surface area contributed by atoms with Crippen LogP contribution in [0.15, 0.2) is 54.9 Å². The normalized spacial score (nSPS) is 16.0. The summed E-state index contributed by atoms with van der Waals surface area (Å²) in [6, 6.07) is 15.3. The van der Waals surface area contributed by atoms with Gasteiger partial charge in [0.25, 0.3) is 5.91 Å². The molecule has 7 heteroatoms. The van der Waals surface area contributed by atoms with Gasteiger partial charge in [0.05, 0.1) is 23.0 Å². The highest BCUT2D eigenvalue weighted by Gasteiger charge is 2.31. The first kappa shape index (κ1) is 18.0. The number of benzene rings is 2. The van der Waals surface area contributed by atoms with Gasteiger partial charge in [-0.05, 0) is 31.2 Å². The van der Waals surface area contributed by atoms with Crippen LogP contribution in [0, 0.1) is 0 Å². The van der Waals surface area contributed by atoms with Gasteiger partial charge in [0.15, 0.2) is 6.10 Å². The van der Waals surface area contributed by atoms with Crippen LogP contribution in [0.4, 0.5) is 5.69 Å². The van der Waals surface area contributed by atoms with Gasteiger partial charge in [-0.2, -0.15) is 0 Å². The molecule has 3 aromatic rings. The summed E-state index contributed by atoms with van der Waals surface area (Å²) in [4.78, 5) is 30.7. The average molecular weight is 378 g/mol. The first-order chi connectivity index (χ1) is 13.6. The number of nitrogens with one attached hydrogen (secondary N) is 1. The molecular formula is C21H22N4O3. The summed E-state index contributed by atoms with van der Waals surface area (Å²) in [5.74, 6) is 0.451. The first-order valence-corrected chi connectivity index (χ1v) is 9.37. The number of carbonyl (C=O) groups is 2. The molecule has 0 saturated heterocycles. The third-order valence-corrected chi connectivity index (χ3v) is 4.84. The van der Waals surface area contributed by atoms with Gasteiger partial charge in [-0.25, -0.2) is 4.98 Å². The predicted octanol–water partition coefficient (Wildman–Crippen LogP) is 2.36. The van der Waals surface area contributed by atoms with E-state index in [1.807, 2.05) is 53.1 Å². The molecule has 1 aromatic heterocycles. The van der Waals surface area contributed by atoms with E-state index in [4.69, 9.17) is 4.74 Å². The van der Waals surface area contributed by atoms with Gasteiger partial charge in [0.1, 0.15) is 5.75 Å². The lowest BCUT2D eigenvalue weighted by Gasteiger charge is -2.32. The number of hydrogen-bond donors (Lipinski definition) is 1. The number of hydrogen-bond acceptors (Lipinski definition) is 4. The highest BCUT2D eigenvalue weighted by molar-refractivity contribution is 6.00. The van der Waals surface area contributed by atoms with Gasteiger partial charge >= 0.3 is 0 Å². The van der Waals surface area contributed by atoms with Gasteiger partial charge in [-0.1, -0.05) is 24.3 Å². The molecule has 0 saturated carbocycles. The van der Waals surface area contributed by atoms with Crippen molar-refractivity contribution in [2.75, 3.05) is 18.0 Å². The van der Waals surface area contributed by atoms with Crippen LogP contribution in [-0.2, 0) is 16.1 Å². The number of carbonyl (C=O) groups excluding carboxylic acids is 2. The van der Waals surface area contributed by atoms with Crippen molar-refractivity contribution in [3.05, 3.63) is 54.9 Å². The molecule has 28 heavy (non-hydrogen) atoms. The maximum Gasteiger partial charge on any atom is 0.267 e. The predicted molar refractivity (Wildman–Crippen MR) is 106 cm³/mol. The second-order valence-corrected chi connectivity index (χ2v) is 6.74. The summed E-state index contributed by atoms with van der Waals surface area (Å²) in [5, 5.41) is 2.92. The molecule has 0 fully saturated rings. The van der Waals surface area contributed by atoms with Crippen LogP contribution in [0.25, 0.3) is 11.0 Å². The molecule has 1 aliphatic rings. The van der Waals surface area contributed by atoms with Crippen LogP contribution in [-0.4, -0.2) is 40.6 Å². The summed E-state index contributed by atoms with van der Waals surface area (Å²) in [5.41, 5.74) is 2.69. The van der Waals surface area contributed by atoms with E-state index in [0.717, 1.165) is 11.0 Å². The van der Waals surface area contributed by atoms with E-state index >= 15 is 0 Å². The molecule has 4 rings (SSSR count). The van der Waals surface area contributed by atoms with Crippen LogP contribution in [0.2, 0.25) is 0 Å². The Morgan fingerprint density at radius 1 is 1.14 bits per heavy atom. The Morgan fingerprint density at radius 2 is 1.93 bits per heavy atom. The lowest BCUT2D eigenvalue weighted by atomic mass is 10.1. The zero-order valence-electron chi connectivity index (χ0n) is 15.7. The summed E-state index contributed by atoms with van der Waals surface area (Å²) in [7, 11) is 0. The third-order valence-electron chi connectivity index (χ3n) is 4.84. The van der Waals surface area contributed by atoms with Gasteiger partial charge in [-0.15, -0.1) is 0 Å². The van der Waals surface area contributed by atoms with Crippen LogP contribution in [0.3, 0.4) is 0 Å². The molecule has 0 aliphatic carbocycles. The average Bonchev–Trinajstić information content (AvgIpc) is 3.12. The van der Waals surface area contributed by atoms with E-state index in [9.17, 15) is 9.59 Å². The molecule has 2 amide bonds. The Balaban J connectivity index is 1.31. The van der Waals surface area contributed by atoms with Crippen LogP contribution in [0.5, 0.6) is 5.75 Å². The number of para-hydroxylation sites is 4.